The quantitative estimate of drug-likeness (QED) is 0.636. The van der Waals surface area contributed by atoms with Crippen molar-refractivity contribution in [2.24, 2.45) is 5.92 Å². The number of carbonyl (C=O) groups excluding carboxylic acids is 1. The fraction of sp³-hybridized carbons (Fsp3) is 0.480. The molecule has 3 N–H and O–H groups in total. The molecule has 1 heterocycles. The van der Waals surface area contributed by atoms with Crippen molar-refractivity contribution in [3.05, 3.63) is 53.1 Å². The number of likely N-dealkylation sites (N-methyl/N-ethyl adjacent to an activating group) is 1. The van der Waals surface area contributed by atoms with E-state index >= 15 is 0 Å². The fourth-order valence-electron chi connectivity index (χ4n) is 4.55. The van der Waals surface area contributed by atoms with Crippen molar-refractivity contribution in [1.82, 2.24) is 5.32 Å². The molecule has 3 atom stereocenters. The highest BCUT2D eigenvalue weighted by atomic mass is 16.5. The van der Waals surface area contributed by atoms with Gasteiger partial charge in [-0.2, -0.15) is 0 Å². The summed E-state index contributed by atoms with van der Waals surface area (Å²) in [4.78, 5) is 14.4. The van der Waals surface area contributed by atoms with Crippen LogP contribution in [0.25, 0.3) is 0 Å². The molecule has 3 rings (SSSR count). The van der Waals surface area contributed by atoms with Gasteiger partial charge in [-0.05, 0) is 49.6 Å². The number of nitrogens with one attached hydrogen (secondary N) is 3. The van der Waals surface area contributed by atoms with E-state index in [-0.39, 0.29) is 24.0 Å². The third kappa shape index (κ3) is 5.13. The summed E-state index contributed by atoms with van der Waals surface area (Å²) in [5.41, 5.74) is 4.46. The minimum atomic E-state index is -0.175. The van der Waals surface area contributed by atoms with Crippen molar-refractivity contribution >= 4 is 11.7 Å². The van der Waals surface area contributed by atoms with E-state index in [1.165, 1.54) is 16.0 Å². The molecule has 6 nitrogen and oxygen atoms in total. The van der Waals surface area contributed by atoms with E-state index in [2.05, 4.69) is 43.5 Å². The van der Waals surface area contributed by atoms with Crippen LogP contribution < -0.4 is 25.0 Å². The van der Waals surface area contributed by atoms with Crippen molar-refractivity contribution in [3.8, 4) is 11.5 Å². The maximum absolute atomic E-state index is 12.9. The summed E-state index contributed by atoms with van der Waals surface area (Å²) in [6.07, 6.45) is 0.982. The van der Waals surface area contributed by atoms with Crippen LogP contribution in [0, 0.1) is 12.8 Å². The number of quaternary nitrogens is 1. The normalized spacial score (nSPS) is 18.8. The number of rotatable bonds is 7. The third-order valence-electron chi connectivity index (χ3n) is 6.27. The van der Waals surface area contributed by atoms with Gasteiger partial charge in [0, 0.05) is 17.7 Å². The summed E-state index contributed by atoms with van der Waals surface area (Å²) in [6.45, 7) is 10.6. The molecule has 6 heteroatoms. The largest absolute Gasteiger partial charge is 0.493 e. The second-order valence-electron chi connectivity index (χ2n) is 8.63. The average molecular weight is 427 g/mol. The van der Waals surface area contributed by atoms with Crippen molar-refractivity contribution in [3.63, 3.8) is 0 Å². The maximum atomic E-state index is 12.9. The van der Waals surface area contributed by atoms with Crippen molar-refractivity contribution in [2.45, 2.75) is 46.2 Å². The molecule has 0 bridgehead atoms. The second-order valence-corrected chi connectivity index (χ2v) is 8.63. The standard InChI is InChI=1S/C25H35N3O3/c1-7-28-13-12-18-14-21(30-5)22(31-6)15-20(18)24(28)23(16(2)3)27-25(29)26-19-10-8-17(4)9-11-19/h8-11,14-16,23-24H,7,12-13H2,1-6H3,(H2,26,27,29)/p+1/t23-,24-/m1/s1. The predicted molar refractivity (Wildman–Crippen MR) is 124 cm³/mol. The summed E-state index contributed by atoms with van der Waals surface area (Å²) >= 11 is 0. The molecular weight excluding hydrogens is 390 g/mol. The molecule has 0 saturated heterocycles. The Hall–Kier alpha value is -2.73. The molecule has 2 amide bonds. The molecule has 168 valence electrons. The number of anilines is 1. The summed E-state index contributed by atoms with van der Waals surface area (Å²) < 4.78 is 11.1. The summed E-state index contributed by atoms with van der Waals surface area (Å²) in [5, 5.41) is 6.26. The lowest BCUT2D eigenvalue weighted by Crippen LogP contribution is -3.14. The van der Waals surface area contributed by atoms with E-state index in [0.717, 1.165) is 42.3 Å². The van der Waals surface area contributed by atoms with Gasteiger partial charge >= 0.3 is 6.03 Å². The Morgan fingerprint density at radius 3 is 2.35 bits per heavy atom. The first-order chi connectivity index (χ1) is 14.9. The number of hydrogen-bond donors (Lipinski definition) is 3. The van der Waals surface area contributed by atoms with Crippen LogP contribution in [0.3, 0.4) is 0 Å². The van der Waals surface area contributed by atoms with Gasteiger partial charge in [-0.3, -0.25) is 0 Å². The van der Waals surface area contributed by atoms with Gasteiger partial charge in [0.1, 0.15) is 6.04 Å². The smallest absolute Gasteiger partial charge is 0.319 e. The highest BCUT2D eigenvalue weighted by Crippen LogP contribution is 2.36. The fourth-order valence-corrected chi connectivity index (χ4v) is 4.55. The van der Waals surface area contributed by atoms with Gasteiger partial charge in [0.25, 0.3) is 0 Å². The van der Waals surface area contributed by atoms with Gasteiger partial charge in [0.2, 0.25) is 0 Å². The van der Waals surface area contributed by atoms with Crippen LogP contribution in [0.15, 0.2) is 36.4 Å². The second kappa shape index (κ2) is 10.1. The SMILES string of the molecule is CC[NH+]1CCc2cc(OC)c(OC)cc2[C@@H]1[C@H](NC(=O)Nc1ccc(C)cc1)C(C)C. The molecule has 2 aromatic rings. The average Bonchev–Trinajstić information content (AvgIpc) is 2.77. The lowest BCUT2D eigenvalue weighted by Gasteiger charge is -2.40. The summed E-state index contributed by atoms with van der Waals surface area (Å²) in [7, 11) is 3.34. The van der Waals surface area contributed by atoms with E-state index in [9.17, 15) is 4.79 Å². The van der Waals surface area contributed by atoms with Crippen molar-refractivity contribution in [1.29, 1.82) is 0 Å². The lowest BCUT2D eigenvalue weighted by atomic mass is 9.83. The van der Waals surface area contributed by atoms with Crippen LogP contribution in [-0.4, -0.2) is 39.4 Å². The van der Waals surface area contributed by atoms with Gasteiger partial charge in [-0.1, -0.05) is 31.5 Å². The molecule has 0 aliphatic carbocycles. The summed E-state index contributed by atoms with van der Waals surface area (Å²) in [5.74, 6) is 1.75. The van der Waals surface area contributed by atoms with E-state index < -0.39 is 0 Å². The molecule has 1 aliphatic heterocycles. The molecule has 0 fully saturated rings. The Bertz CT molecular complexity index is 896. The van der Waals surface area contributed by atoms with Crippen molar-refractivity contribution in [2.75, 3.05) is 32.6 Å². The molecular formula is C25H36N3O3+. The number of fused-ring (bicyclic) bond motifs is 1. The molecule has 1 unspecified atom stereocenters. The van der Waals surface area contributed by atoms with E-state index in [1.54, 1.807) is 14.2 Å². The van der Waals surface area contributed by atoms with Crippen LogP contribution in [0.5, 0.6) is 11.5 Å². The van der Waals surface area contributed by atoms with E-state index in [4.69, 9.17) is 9.47 Å². The van der Waals surface area contributed by atoms with Crippen LogP contribution >= 0.6 is 0 Å². The number of ether oxygens (including phenoxy) is 2. The molecule has 0 aromatic heterocycles. The number of hydrogen-bond acceptors (Lipinski definition) is 3. The van der Waals surface area contributed by atoms with Gasteiger partial charge in [-0.25, -0.2) is 4.79 Å². The Balaban J connectivity index is 1.91. The van der Waals surface area contributed by atoms with E-state index in [0.29, 0.717) is 0 Å². The van der Waals surface area contributed by atoms with Crippen LogP contribution in [0.1, 0.15) is 43.5 Å². The van der Waals surface area contributed by atoms with Gasteiger partial charge in [0.15, 0.2) is 11.5 Å². The van der Waals surface area contributed by atoms with Crippen molar-refractivity contribution < 1.29 is 19.2 Å². The molecule has 0 saturated carbocycles. The topological polar surface area (TPSA) is 64.0 Å². The molecule has 2 aromatic carbocycles. The number of methoxy groups -OCH3 is 2. The monoisotopic (exact) mass is 426 g/mol. The van der Waals surface area contributed by atoms with Crippen LogP contribution in [-0.2, 0) is 6.42 Å². The predicted octanol–water partition coefficient (Wildman–Crippen LogP) is 3.36. The molecule has 0 spiro atoms. The molecule has 1 aliphatic rings. The van der Waals surface area contributed by atoms with Crippen LogP contribution in [0.2, 0.25) is 0 Å². The van der Waals surface area contributed by atoms with Gasteiger partial charge in [-0.15, -0.1) is 0 Å². The zero-order chi connectivity index (χ0) is 22.5. The number of carbonyl (C=O) groups is 1. The number of benzene rings is 2. The Morgan fingerprint density at radius 1 is 1.13 bits per heavy atom. The Kier molecular flexibility index (Phi) is 7.44. The Labute approximate surface area is 185 Å². The minimum Gasteiger partial charge on any atom is -0.493 e. The van der Waals surface area contributed by atoms with Gasteiger partial charge < -0.3 is 25.0 Å². The number of amides is 2. The lowest BCUT2D eigenvalue weighted by molar-refractivity contribution is -0.934. The third-order valence-corrected chi connectivity index (χ3v) is 6.27. The molecule has 0 radical (unpaired) electrons. The maximum Gasteiger partial charge on any atom is 0.319 e. The van der Waals surface area contributed by atoms with Crippen LogP contribution in [0.4, 0.5) is 10.5 Å². The highest BCUT2D eigenvalue weighted by molar-refractivity contribution is 5.89. The van der Waals surface area contributed by atoms with E-state index in [1.807, 2.05) is 31.2 Å². The minimum absolute atomic E-state index is 0.0300. The summed E-state index contributed by atoms with van der Waals surface area (Å²) in [6, 6.07) is 12.0. The number of urea groups is 1. The Morgan fingerprint density at radius 2 is 1.77 bits per heavy atom. The highest BCUT2D eigenvalue weighted by Gasteiger charge is 2.39. The first-order valence-electron chi connectivity index (χ1n) is 11.1. The zero-order valence-corrected chi connectivity index (χ0v) is 19.5. The number of aryl methyl sites for hydroxylation is 1. The zero-order valence-electron chi connectivity index (χ0n) is 19.5. The first kappa shape index (κ1) is 22.9. The first-order valence-corrected chi connectivity index (χ1v) is 11.1. The molecule has 31 heavy (non-hydrogen) atoms. The van der Waals surface area contributed by atoms with Gasteiger partial charge in [0.05, 0.1) is 33.4 Å².